The molecule has 2 rings (SSSR count). The number of rotatable bonds is 6. The normalized spacial score (nSPS) is 20.0. The lowest BCUT2D eigenvalue weighted by Gasteiger charge is -2.42. The average Bonchev–Trinajstić information content (AvgIpc) is 2.47. The van der Waals surface area contributed by atoms with Gasteiger partial charge < -0.3 is 14.8 Å². The Hall–Kier alpha value is -1.22. The molecular weight excluding hydrogens is 262 g/mol. The highest BCUT2D eigenvalue weighted by molar-refractivity contribution is 5.44. The van der Waals surface area contributed by atoms with E-state index in [2.05, 4.69) is 52.1 Å². The molecule has 1 atom stereocenters. The van der Waals surface area contributed by atoms with Crippen LogP contribution in [0.4, 0.5) is 0 Å². The molecule has 0 aromatic heterocycles. The molecular formula is C18H29NO2. The number of fused-ring (bicyclic) bond motifs is 1. The van der Waals surface area contributed by atoms with Crippen molar-refractivity contribution < 1.29 is 9.47 Å². The maximum absolute atomic E-state index is 6.36. The van der Waals surface area contributed by atoms with Crippen LogP contribution in [0.15, 0.2) is 18.2 Å². The lowest BCUT2D eigenvalue weighted by atomic mass is 9.83. The predicted molar refractivity (Wildman–Crippen MR) is 87.2 cm³/mol. The first kappa shape index (κ1) is 16.2. The summed E-state index contributed by atoms with van der Waals surface area (Å²) in [5, 5.41) is 3.61. The fraction of sp³-hybridized carbons (Fsp3) is 0.667. The zero-order chi connectivity index (χ0) is 15.5. The molecule has 1 aromatic rings. The van der Waals surface area contributed by atoms with Crippen molar-refractivity contribution >= 4 is 0 Å². The average molecular weight is 291 g/mol. The molecule has 0 spiro atoms. The maximum Gasteiger partial charge on any atom is 0.125 e. The minimum atomic E-state index is -0.0414. The molecule has 1 unspecified atom stereocenters. The Balaban J connectivity index is 2.35. The van der Waals surface area contributed by atoms with Crippen LogP contribution in [0.1, 0.15) is 65.5 Å². The summed E-state index contributed by atoms with van der Waals surface area (Å²) < 4.78 is 12.2. The Morgan fingerprint density at radius 1 is 1.29 bits per heavy atom. The number of hydrogen-bond acceptors (Lipinski definition) is 3. The van der Waals surface area contributed by atoms with Gasteiger partial charge in [0.05, 0.1) is 6.10 Å². The highest BCUT2D eigenvalue weighted by Crippen LogP contribution is 2.44. The first-order valence-corrected chi connectivity index (χ1v) is 8.26. The second-order valence-electron chi connectivity index (χ2n) is 6.17. The zero-order valence-corrected chi connectivity index (χ0v) is 14.0. The van der Waals surface area contributed by atoms with E-state index in [0.717, 1.165) is 37.3 Å². The Morgan fingerprint density at radius 3 is 2.57 bits per heavy atom. The van der Waals surface area contributed by atoms with Crippen molar-refractivity contribution in [3.63, 3.8) is 0 Å². The summed E-state index contributed by atoms with van der Waals surface area (Å²) in [4.78, 5) is 0. The fourth-order valence-electron chi connectivity index (χ4n) is 3.11. The van der Waals surface area contributed by atoms with Crippen LogP contribution in [0.3, 0.4) is 0 Å². The smallest absolute Gasteiger partial charge is 0.125 e. The van der Waals surface area contributed by atoms with Crippen molar-refractivity contribution in [2.24, 2.45) is 0 Å². The van der Waals surface area contributed by atoms with Crippen LogP contribution in [0, 0.1) is 0 Å². The monoisotopic (exact) mass is 291 g/mol. The molecule has 1 aliphatic rings. The van der Waals surface area contributed by atoms with E-state index >= 15 is 0 Å². The van der Waals surface area contributed by atoms with Crippen molar-refractivity contribution in [1.29, 1.82) is 0 Å². The van der Waals surface area contributed by atoms with E-state index in [1.807, 2.05) is 6.07 Å². The van der Waals surface area contributed by atoms with Gasteiger partial charge in [-0.2, -0.15) is 0 Å². The summed E-state index contributed by atoms with van der Waals surface area (Å²) in [5.74, 6) is 1.93. The molecule has 0 saturated carbocycles. The zero-order valence-electron chi connectivity index (χ0n) is 14.0. The van der Waals surface area contributed by atoms with Gasteiger partial charge >= 0.3 is 0 Å². The van der Waals surface area contributed by atoms with Gasteiger partial charge in [0, 0.05) is 18.0 Å². The summed E-state index contributed by atoms with van der Waals surface area (Å²) in [6, 6.07) is 6.56. The van der Waals surface area contributed by atoms with Gasteiger partial charge in [-0.1, -0.05) is 20.8 Å². The first-order valence-electron chi connectivity index (χ1n) is 8.26. The van der Waals surface area contributed by atoms with E-state index in [9.17, 15) is 0 Å². The number of benzene rings is 1. The molecule has 1 aromatic carbocycles. The maximum atomic E-state index is 6.36. The second kappa shape index (κ2) is 6.69. The van der Waals surface area contributed by atoms with Gasteiger partial charge in [0.25, 0.3) is 0 Å². The fourth-order valence-corrected chi connectivity index (χ4v) is 3.11. The van der Waals surface area contributed by atoms with Crippen molar-refractivity contribution in [2.75, 3.05) is 6.54 Å². The Bertz CT molecular complexity index is 466. The van der Waals surface area contributed by atoms with E-state index in [1.54, 1.807) is 0 Å². The van der Waals surface area contributed by atoms with Crippen LogP contribution in [0.5, 0.6) is 11.5 Å². The van der Waals surface area contributed by atoms with Gasteiger partial charge in [-0.25, -0.2) is 0 Å². The van der Waals surface area contributed by atoms with Crippen molar-refractivity contribution in [1.82, 2.24) is 5.32 Å². The third-order valence-corrected chi connectivity index (χ3v) is 4.37. The third-order valence-electron chi connectivity index (χ3n) is 4.37. The van der Waals surface area contributed by atoms with Gasteiger partial charge in [0.2, 0.25) is 0 Å². The quantitative estimate of drug-likeness (QED) is 0.839. The van der Waals surface area contributed by atoms with E-state index in [-0.39, 0.29) is 11.7 Å². The van der Waals surface area contributed by atoms with Crippen LogP contribution >= 0.6 is 0 Å². The molecule has 3 nitrogen and oxygen atoms in total. The largest absolute Gasteiger partial charge is 0.491 e. The molecule has 0 radical (unpaired) electrons. The molecule has 0 fully saturated rings. The minimum Gasteiger partial charge on any atom is -0.491 e. The topological polar surface area (TPSA) is 30.5 Å². The molecule has 3 heteroatoms. The summed E-state index contributed by atoms with van der Waals surface area (Å²) in [7, 11) is 0. The lowest BCUT2D eigenvalue weighted by Crippen LogP contribution is -2.43. The lowest BCUT2D eigenvalue weighted by molar-refractivity contribution is 0.0228. The molecule has 118 valence electrons. The Kier molecular flexibility index (Phi) is 5.15. The third kappa shape index (κ3) is 3.52. The van der Waals surface area contributed by atoms with Gasteiger partial charge in [-0.05, 0) is 51.4 Å². The number of ether oxygens (including phenoxy) is 2. The van der Waals surface area contributed by atoms with Gasteiger partial charge in [-0.3, -0.25) is 0 Å². The van der Waals surface area contributed by atoms with Gasteiger partial charge in [0.15, 0.2) is 0 Å². The summed E-state index contributed by atoms with van der Waals surface area (Å²) in [5.41, 5.74) is 1.19. The van der Waals surface area contributed by atoms with Crippen LogP contribution < -0.4 is 14.8 Å². The molecule has 1 aliphatic heterocycles. The van der Waals surface area contributed by atoms with Crippen molar-refractivity contribution in [2.45, 2.75) is 71.6 Å². The summed E-state index contributed by atoms with van der Waals surface area (Å²) in [6.45, 7) is 11.7. The predicted octanol–water partition coefficient (Wildman–Crippen LogP) is 4.47. The van der Waals surface area contributed by atoms with E-state index in [4.69, 9.17) is 9.47 Å². The summed E-state index contributed by atoms with van der Waals surface area (Å²) in [6.07, 6.45) is 3.28. The van der Waals surface area contributed by atoms with Crippen LogP contribution in [-0.4, -0.2) is 18.2 Å². The Labute approximate surface area is 129 Å². The Morgan fingerprint density at radius 2 is 2.00 bits per heavy atom. The van der Waals surface area contributed by atoms with Crippen LogP contribution in [-0.2, 0) is 0 Å². The first-order chi connectivity index (χ1) is 10.0. The van der Waals surface area contributed by atoms with Gasteiger partial charge in [0.1, 0.15) is 17.1 Å². The highest BCUT2D eigenvalue weighted by atomic mass is 16.5. The van der Waals surface area contributed by atoms with Gasteiger partial charge in [-0.15, -0.1) is 0 Å². The SMILES string of the molecule is CCNC1CC(CC)(CC)Oc2ccc(OC(C)C)cc21. The van der Waals surface area contributed by atoms with E-state index in [0.29, 0.717) is 6.04 Å². The van der Waals surface area contributed by atoms with Crippen LogP contribution in [0.2, 0.25) is 0 Å². The molecule has 0 saturated heterocycles. The number of hydrogen-bond donors (Lipinski definition) is 1. The molecule has 0 bridgehead atoms. The molecule has 21 heavy (non-hydrogen) atoms. The summed E-state index contributed by atoms with van der Waals surface area (Å²) >= 11 is 0. The molecule has 0 amide bonds. The standard InChI is InChI=1S/C18H29NO2/c1-6-18(7-2)12-16(19-8-3)15-11-14(20-13(4)5)9-10-17(15)21-18/h9-11,13,16,19H,6-8,12H2,1-5H3. The molecule has 0 aliphatic carbocycles. The van der Waals surface area contributed by atoms with E-state index < -0.39 is 0 Å². The van der Waals surface area contributed by atoms with Crippen molar-refractivity contribution in [3.05, 3.63) is 23.8 Å². The van der Waals surface area contributed by atoms with Crippen LogP contribution in [0.25, 0.3) is 0 Å². The highest BCUT2D eigenvalue weighted by Gasteiger charge is 2.38. The molecule has 1 N–H and O–H groups in total. The number of nitrogens with one attached hydrogen (secondary N) is 1. The molecule has 1 heterocycles. The second-order valence-corrected chi connectivity index (χ2v) is 6.17. The van der Waals surface area contributed by atoms with Crippen molar-refractivity contribution in [3.8, 4) is 11.5 Å². The minimum absolute atomic E-state index is 0.0414. The van der Waals surface area contributed by atoms with E-state index in [1.165, 1.54) is 5.56 Å².